The van der Waals surface area contributed by atoms with Crippen LogP contribution in [0.4, 0.5) is 0 Å². The van der Waals surface area contributed by atoms with Gasteiger partial charge in [-0.2, -0.15) is 11.8 Å². The van der Waals surface area contributed by atoms with E-state index < -0.39 is 0 Å². The molecule has 0 amide bonds. The van der Waals surface area contributed by atoms with Crippen molar-refractivity contribution in [3.8, 4) is 0 Å². The number of hydrogen-bond donors (Lipinski definition) is 0. The lowest BCUT2D eigenvalue weighted by Gasteiger charge is -2.21. The second-order valence-electron chi connectivity index (χ2n) is 3.41. The summed E-state index contributed by atoms with van der Waals surface area (Å²) >= 11 is 7.92. The zero-order valence-electron chi connectivity index (χ0n) is 7.50. The van der Waals surface area contributed by atoms with Crippen LogP contribution in [0.2, 0.25) is 5.02 Å². The van der Waals surface area contributed by atoms with Gasteiger partial charge in [-0.3, -0.25) is 0 Å². The van der Waals surface area contributed by atoms with Crippen molar-refractivity contribution in [3.05, 3.63) is 34.9 Å². The van der Waals surface area contributed by atoms with Gasteiger partial charge in [0.05, 0.1) is 0 Å². The lowest BCUT2D eigenvalue weighted by molar-refractivity contribution is 0.686. The molecule has 0 aliphatic carbocycles. The lowest BCUT2D eigenvalue weighted by Crippen LogP contribution is -2.01. The van der Waals surface area contributed by atoms with Gasteiger partial charge in [0.15, 0.2) is 0 Å². The molecule has 0 N–H and O–H groups in total. The smallest absolute Gasteiger partial charge is 0.0406 e. The third kappa shape index (κ3) is 2.41. The van der Waals surface area contributed by atoms with Crippen molar-refractivity contribution in [3.63, 3.8) is 0 Å². The monoisotopic (exact) mass is 212 g/mol. The molecule has 1 fully saturated rings. The van der Waals surface area contributed by atoms with Gasteiger partial charge >= 0.3 is 0 Å². The SMILES string of the molecule is Clc1ccc(C2CCCCS2)cc1. The Balaban J connectivity index is 2.10. The molecular weight excluding hydrogens is 200 g/mol. The molecule has 13 heavy (non-hydrogen) atoms. The molecule has 1 saturated heterocycles. The third-order valence-corrected chi connectivity index (χ3v) is 4.11. The van der Waals surface area contributed by atoms with Gasteiger partial charge in [-0.1, -0.05) is 30.2 Å². The summed E-state index contributed by atoms with van der Waals surface area (Å²) in [6.07, 6.45) is 4.08. The Labute approximate surface area is 88.7 Å². The quantitative estimate of drug-likeness (QED) is 0.669. The summed E-state index contributed by atoms with van der Waals surface area (Å²) in [6.45, 7) is 0. The Morgan fingerprint density at radius 1 is 1.15 bits per heavy atom. The molecule has 1 aromatic rings. The highest BCUT2D eigenvalue weighted by molar-refractivity contribution is 7.99. The third-order valence-electron chi connectivity index (χ3n) is 2.42. The molecule has 1 heterocycles. The van der Waals surface area contributed by atoms with E-state index >= 15 is 0 Å². The maximum absolute atomic E-state index is 5.84. The minimum atomic E-state index is 0.714. The molecule has 0 aromatic heterocycles. The van der Waals surface area contributed by atoms with Crippen LogP contribution in [0.25, 0.3) is 0 Å². The van der Waals surface area contributed by atoms with Crippen LogP contribution in [0, 0.1) is 0 Å². The molecule has 0 bridgehead atoms. The second kappa shape index (κ2) is 4.39. The summed E-state index contributed by atoms with van der Waals surface area (Å²) in [5.41, 5.74) is 1.44. The van der Waals surface area contributed by atoms with Crippen LogP contribution in [-0.2, 0) is 0 Å². The Morgan fingerprint density at radius 2 is 1.92 bits per heavy atom. The highest BCUT2D eigenvalue weighted by Crippen LogP contribution is 2.38. The molecule has 2 rings (SSSR count). The molecule has 1 aromatic carbocycles. The van der Waals surface area contributed by atoms with Crippen molar-refractivity contribution in [2.45, 2.75) is 24.5 Å². The van der Waals surface area contributed by atoms with Gasteiger partial charge in [-0.05, 0) is 36.3 Å². The zero-order chi connectivity index (χ0) is 9.10. The van der Waals surface area contributed by atoms with Crippen molar-refractivity contribution >= 4 is 23.4 Å². The fourth-order valence-electron chi connectivity index (χ4n) is 1.68. The number of benzene rings is 1. The van der Waals surface area contributed by atoms with Crippen LogP contribution in [0.3, 0.4) is 0 Å². The first kappa shape index (κ1) is 9.42. The van der Waals surface area contributed by atoms with E-state index in [1.165, 1.54) is 30.6 Å². The molecule has 2 heteroatoms. The first-order chi connectivity index (χ1) is 6.36. The van der Waals surface area contributed by atoms with Crippen LogP contribution in [0.5, 0.6) is 0 Å². The van der Waals surface area contributed by atoms with Crippen LogP contribution < -0.4 is 0 Å². The van der Waals surface area contributed by atoms with E-state index in [0.717, 1.165) is 5.02 Å². The van der Waals surface area contributed by atoms with Gasteiger partial charge in [0.1, 0.15) is 0 Å². The summed E-state index contributed by atoms with van der Waals surface area (Å²) in [5, 5.41) is 1.55. The Hall–Kier alpha value is -0.140. The zero-order valence-corrected chi connectivity index (χ0v) is 9.07. The molecule has 70 valence electrons. The molecule has 1 unspecified atom stereocenters. The average molecular weight is 213 g/mol. The van der Waals surface area contributed by atoms with E-state index in [1.807, 2.05) is 12.1 Å². The maximum atomic E-state index is 5.84. The standard InChI is InChI=1S/C11H13ClS/c12-10-6-4-9(5-7-10)11-3-1-2-8-13-11/h4-7,11H,1-3,8H2. The minimum Gasteiger partial charge on any atom is -0.154 e. The van der Waals surface area contributed by atoms with Gasteiger partial charge in [-0.25, -0.2) is 0 Å². The first-order valence-corrected chi connectivity index (χ1v) is 6.16. The summed E-state index contributed by atoms with van der Waals surface area (Å²) in [6, 6.07) is 8.30. The second-order valence-corrected chi connectivity index (χ2v) is 5.15. The van der Waals surface area contributed by atoms with Crippen molar-refractivity contribution in [1.82, 2.24) is 0 Å². The van der Waals surface area contributed by atoms with Crippen molar-refractivity contribution in [2.75, 3.05) is 5.75 Å². The highest BCUT2D eigenvalue weighted by Gasteiger charge is 2.15. The number of rotatable bonds is 1. The maximum Gasteiger partial charge on any atom is 0.0406 e. The van der Waals surface area contributed by atoms with E-state index in [2.05, 4.69) is 23.9 Å². The molecule has 0 radical (unpaired) electrons. The predicted octanol–water partition coefficient (Wildman–Crippen LogP) is 4.30. The average Bonchev–Trinajstić information content (AvgIpc) is 2.20. The fraction of sp³-hybridized carbons (Fsp3) is 0.455. The van der Waals surface area contributed by atoms with Gasteiger partial charge in [0.2, 0.25) is 0 Å². The van der Waals surface area contributed by atoms with Crippen LogP contribution in [0.15, 0.2) is 24.3 Å². The van der Waals surface area contributed by atoms with Gasteiger partial charge in [0, 0.05) is 10.3 Å². The van der Waals surface area contributed by atoms with E-state index in [-0.39, 0.29) is 0 Å². The molecule has 0 spiro atoms. The summed E-state index contributed by atoms with van der Waals surface area (Å²) in [4.78, 5) is 0. The highest BCUT2D eigenvalue weighted by atomic mass is 35.5. The van der Waals surface area contributed by atoms with Gasteiger partial charge in [-0.15, -0.1) is 0 Å². The van der Waals surface area contributed by atoms with E-state index in [9.17, 15) is 0 Å². The molecular formula is C11H13ClS. The molecule has 0 saturated carbocycles. The first-order valence-electron chi connectivity index (χ1n) is 4.73. The minimum absolute atomic E-state index is 0.714. The van der Waals surface area contributed by atoms with Crippen molar-refractivity contribution in [1.29, 1.82) is 0 Å². The molecule has 1 atom stereocenters. The van der Waals surface area contributed by atoms with E-state index in [0.29, 0.717) is 5.25 Å². The molecule has 0 nitrogen and oxygen atoms in total. The lowest BCUT2D eigenvalue weighted by atomic mass is 10.1. The predicted molar refractivity (Wildman–Crippen MR) is 60.5 cm³/mol. The van der Waals surface area contributed by atoms with Crippen molar-refractivity contribution < 1.29 is 0 Å². The molecule has 1 aliphatic heterocycles. The van der Waals surface area contributed by atoms with Crippen LogP contribution >= 0.6 is 23.4 Å². The molecule has 1 aliphatic rings. The van der Waals surface area contributed by atoms with E-state index in [4.69, 9.17) is 11.6 Å². The Kier molecular flexibility index (Phi) is 3.18. The van der Waals surface area contributed by atoms with Crippen LogP contribution in [-0.4, -0.2) is 5.75 Å². The summed E-state index contributed by atoms with van der Waals surface area (Å²) in [5.74, 6) is 1.31. The van der Waals surface area contributed by atoms with Gasteiger partial charge < -0.3 is 0 Å². The summed E-state index contributed by atoms with van der Waals surface area (Å²) < 4.78 is 0. The number of hydrogen-bond acceptors (Lipinski definition) is 1. The Bertz CT molecular complexity index is 262. The fourth-order valence-corrected chi connectivity index (χ4v) is 3.15. The van der Waals surface area contributed by atoms with Crippen molar-refractivity contribution in [2.24, 2.45) is 0 Å². The van der Waals surface area contributed by atoms with Crippen LogP contribution in [0.1, 0.15) is 30.1 Å². The number of halogens is 1. The van der Waals surface area contributed by atoms with E-state index in [1.54, 1.807) is 0 Å². The topological polar surface area (TPSA) is 0 Å². The number of thioether (sulfide) groups is 1. The largest absolute Gasteiger partial charge is 0.154 e. The van der Waals surface area contributed by atoms with Gasteiger partial charge in [0.25, 0.3) is 0 Å². The normalized spacial score (nSPS) is 23.0. The Morgan fingerprint density at radius 3 is 2.54 bits per heavy atom. The summed E-state index contributed by atoms with van der Waals surface area (Å²) in [7, 11) is 0.